The van der Waals surface area contributed by atoms with E-state index in [1.807, 2.05) is 6.07 Å². The van der Waals surface area contributed by atoms with Gasteiger partial charge in [-0.1, -0.05) is 0 Å². The number of benzene rings is 1. The van der Waals surface area contributed by atoms with E-state index in [9.17, 15) is 4.79 Å². The molecule has 1 aromatic heterocycles. The molecule has 6 heteroatoms. The second-order valence-electron chi connectivity index (χ2n) is 5.15. The van der Waals surface area contributed by atoms with Crippen molar-refractivity contribution in [2.24, 2.45) is 0 Å². The lowest BCUT2D eigenvalue weighted by Crippen LogP contribution is -2.56. The standard InChI is InChI=1S/C17H15N3O3/c1-22-14-6-4-12(5-7-14)17(21)20-10-15(11-20)23-16-13(9-18)3-2-8-19-16/h2-8,15H,10-11H2,1H3. The molecule has 1 amide bonds. The Morgan fingerprint density at radius 1 is 1.30 bits per heavy atom. The average Bonchev–Trinajstić information content (AvgIpc) is 2.57. The molecule has 0 saturated carbocycles. The summed E-state index contributed by atoms with van der Waals surface area (Å²) in [7, 11) is 1.58. The molecule has 1 fully saturated rings. The van der Waals surface area contributed by atoms with Crippen molar-refractivity contribution in [2.75, 3.05) is 20.2 Å². The third-order valence-corrected chi connectivity index (χ3v) is 3.64. The van der Waals surface area contributed by atoms with Crippen LogP contribution in [0.1, 0.15) is 15.9 Å². The molecule has 116 valence electrons. The molecule has 1 saturated heterocycles. The molecule has 2 heterocycles. The van der Waals surface area contributed by atoms with E-state index in [0.29, 0.717) is 35.8 Å². The Morgan fingerprint density at radius 2 is 2.04 bits per heavy atom. The van der Waals surface area contributed by atoms with Crippen LogP contribution < -0.4 is 9.47 Å². The highest BCUT2D eigenvalue weighted by Crippen LogP contribution is 2.21. The highest BCUT2D eigenvalue weighted by atomic mass is 16.5. The molecule has 6 nitrogen and oxygen atoms in total. The summed E-state index contributed by atoms with van der Waals surface area (Å²) in [6.07, 6.45) is 1.44. The monoisotopic (exact) mass is 309 g/mol. The summed E-state index contributed by atoms with van der Waals surface area (Å²) in [5.74, 6) is 0.983. The van der Waals surface area contributed by atoms with Crippen molar-refractivity contribution in [3.05, 3.63) is 53.7 Å². The molecule has 2 aromatic rings. The zero-order chi connectivity index (χ0) is 16.2. The molecule has 1 aromatic carbocycles. The van der Waals surface area contributed by atoms with E-state index in [0.717, 1.165) is 0 Å². The van der Waals surface area contributed by atoms with E-state index in [2.05, 4.69) is 4.98 Å². The smallest absolute Gasteiger partial charge is 0.254 e. The Kier molecular flexibility index (Phi) is 4.11. The quantitative estimate of drug-likeness (QED) is 0.861. The zero-order valence-corrected chi connectivity index (χ0v) is 12.6. The van der Waals surface area contributed by atoms with Crippen molar-refractivity contribution in [3.63, 3.8) is 0 Å². The predicted octanol–water partition coefficient (Wildman–Crippen LogP) is 1.87. The van der Waals surface area contributed by atoms with Crippen LogP contribution >= 0.6 is 0 Å². The largest absolute Gasteiger partial charge is 0.497 e. The first kappa shape index (κ1) is 14.9. The molecule has 1 aliphatic heterocycles. The minimum Gasteiger partial charge on any atom is -0.497 e. The van der Waals surface area contributed by atoms with Crippen LogP contribution in [0.5, 0.6) is 11.6 Å². The minimum atomic E-state index is -0.140. The molecular weight excluding hydrogens is 294 g/mol. The lowest BCUT2D eigenvalue weighted by Gasteiger charge is -2.38. The number of methoxy groups -OCH3 is 1. The zero-order valence-electron chi connectivity index (χ0n) is 12.6. The van der Waals surface area contributed by atoms with Crippen LogP contribution in [-0.2, 0) is 0 Å². The molecule has 0 N–H and O–H groups in total. The van der Waals surface area contributed by atoms with Gasteiger partial charge in [0.2, 0.25) is 5.88 Å². The van der Waals surface area contributed by atoms with E-state index in [1.54, 1.807) is 54.6 Å². The molecule has 1 aliphatic rings. The molecule has 0 unspecified atom stereocenters. The topological polar surface area (TPSA) is 75.4 Å². The summed E-state index contributed by atoms with van der Waals surface area (Å²) in [6, 6.07) is 12.4. The first-order chi connectivity index (χ1) is 11.2. The molecule has 0 spiro atoms. The lowest BCUT2D eigenvalue weighted by molar-refractivity contribution is 0.0159. The van der Waals surface area contributed by atoms with E-state index < -0.39 is 0 Å². The lowest BCUT2D eigenvalue weighted by atomic mass is 10.1. The summed E-state index contributed by atoms with van der Waals surface area (Å²) in [5.41, 5.74) is 1.01. The molecule has 23 heavy (non-hydrogen) atoms. The van der Waals surface area contributed by atoms with Crippen molar-refractivity contribution in [1.82, 2.24) is 9.88 Å². The number of amides is 1. The first-order valence-electron chi connectivity index (χ1n) is 7.16. The van der Waals surface area contributed by atoms with Gasteiger partial charge in [0.25, 0.3) is 5.91 Å². The Balaban J connectivity index is 1.58. The number of hydrogen-bond acceptors (Lipinski definition) is 5. The maximum Gasteiger partial charge on any atom is 0.254 e. The van der Waals surface area contributed by atoms with Gasteiger partial charge in [0, 0.05) is 11.8 Å². The highest BCUT2D eigenvalue weighted by Gasteiger charge is 2.33. The van der Waals surface area contributed by atoms with Crippen LogP contribution in [0, 0.1) is 11.3 Å². The van der Waals surface area contributed by atoms with E-state index >= 15 is 0 Å². The Bertz CT molecular complexity index is 746. The fourth-order valence-corrected chi connectivity index (χ4v) is 2.32. The summed E-state index contributed by atoms with van der Waals surface area (Å²) in [6.45, 7) is 0.957. The predicted molar refractivity (Wildman–Crippen MR) is 82.3 cm³/mol. The van der Waals surface area contributed by atoms with Crippen molar-refractivity contribution in [3.8, 4) is 17.7 Å². The van der Waals surface area contributed by atoms with Gasteiger partial charge in [-0.15, -0.1) is 0 Å². The van der Waals surface area contributed by atoms with Gasteiger partial charge in [-0.3, -0.25) is 4.79 Å². The van der Waals surface area contributed by atoms with Crippen LogP contribution in [0.15, 0.2) is 42.6 Å². The number of pyridine rings is 1. The maximum absolute atomic E-state index is 12.3. The average molecular weight is 309 g/mol. The first-order valence-corrected chi connectivity index (χ1v) is 7.16. The number of rotatable bonds is 4. The number of likely N-dealkylation sites (tertiary alicyclic amines) is 1. The van der Waals surface area contributed by atoms with Crippen molar-refractivity contribution in [2.45, 2.75) is 6.10 Å². The highest BCUT2D eigenvalue weighted by molar-refractivity contribution is 5.94. The van der Waals surface area contributed by atoms with Gasteiger partial charge in [0.15, 0.2) is 0 Å². The summed E-state index contributed by atoms with van der Waals surface area (Å²) in [5, 5.41) is 9.01. The number of ether oxygens (including phenoxy) is 2. The number of nitrogens with zero attached hydrogens (tertiary/aromatic N) is 3. The number of aromatic nitrogens is 1. The van der Waals surface area contributed by atoms with Gasteiger partial charge < -0.3 is 14.4 Å². The number of nitriles is 1. The molecule has 0 aliphatic carbocycles. The fourth-order valence-electron chi connectivity index (χ4n) is 2.32. The number of carbonyl (C=O) groups excluding carboxylic acids is 1. The minimum absolute atomic E-state index is 0.0472. The molecule has 0 bridgehead atoms. The van der Waals surface area contributed by atoms with Gasteiger partial charge >= 0.3 is 0 Å². The van der Waals surface area contributed by atoms with Crippen LogP contribution in [0.2, 0.25) is 0 Å². The van der Waals surface area contributed by atoms with E-state index in [4.69, 9.17) is 14.7 Å². The third kappa shape index (κ3) is 3.09. The summed E-state index contributed by atoms with van der Waals surface area (Å²) < 4.78 is 10.8. The molecular formula is C17H15N3O3. The summed E-state index contributed by atoms with van der Waals surface area (Å²) in [4.78, 5) is 18.1. The molecule has 0 atom stereocenters. The Morgan fingerprint density at radius 3 is 2.70 bits per heavy atom. The molecule has 0 radical (unpaired) electrons. The van der Waals surface area contributed by atoms with Crippen LogP contribution in [0.4, 0.5) is 0 Å². The maximum atomic E-state index is 12.3. The molecule has 3 rings (SSSR count). The van der Waals surface area contributed by atoms with Gasteiger partial charge in [0.05, 0.1) is 20.2 Å². The van der Waals surface area contributed by atoms with Crippen molar-refractivity contribution < 1.29 is 14.3 Å². The van der Waals surface area contributed by atoms with Crippen LogP contribution in [0.25, 0.3) is 0 Å². The van der Waals surface area contributed by atoms with Gasteiger partial charge in [-0.25, -0.2) is 4.98 Å². The number of carbonyl (C=O) groups is 1. The fraction of sp³-hybridized carbons (Fsp3) is 0.235. The van der Waals surface area contributed by atoms with Crippen LogP contribution in [0.3, 0.4) is 0 Å². The van der Waals surface area contributed by atoms with Gasteiger partial charge in [-0.2, -0.15) is 5.26 Å². The Labute approximate surface area is 133 Å². The normalized spacial score (nSPS) is 13.8. The van der Waals surface area contributed by atoms with Crippen molar-refractivity contribution in [1.29, 1.82) is 5.26 Å². The van der Waals surface area contributed by atoms with Gasteiger partial charge in [0.1, 0.15) is 23.5 Å². The number of hydrogen-bond donors (Lipinski definition) is 0. The van der Waals surface area contributed by atoms with Gasteiger partial charge in [-0.05, 0) is 36.4 Å². The van der Waals surface area contributed by atoms with Crippen molar-refractivity contribution >= 4 is 5.91 Å². The van der Waals surface area contributed by atoms with E-state index in [-0.39, 0.29) is 12.0 Å². The van der Waals surface area contributed by atoms with E-state index in [1.165, 1.54) is 0 Å². The third-order valence-electron chi connectivity index (χ3n) is 3.64. The second-order valence-corrected chi connectivity index (χ2v) is 5.15. The SMILES string of the molecule is COc1ccc(C(=O)N2CC(Oc3ncccc3C#N)C2)cc1. The van der Waals surface area contributed by atoms with Crippen LogP contribution in [-0.4, -0.2) is 42.1 Å². The second kappa shape index (κ2) is 6.36. The Hall–Kier alpha value is -3.07. The summed E-state index contributed by atoms with van der Waals surface area (Å²) >= 11 is 0.